The van der Waals surface area contributed by atoms with Crippen molar-refractivity contribution in [1.29, 1.82) is 0 Å². The van der Waals surface area contributed by atoms with Gasteiger partial charge in [-0.05, 0) is 31.6 Å². The van der Waals surface area contributed by atoms with Crippen LogP contribution in [0, 0.1) is 17.3 Å². The molecule has 1 heterocycles. The summed E-state index contributed by atoms with van der Waals surface area (Å²) in [5.74, 6) is -0.257. The third-order valence-corrected chi connectivity index (χ3v) is 5.08. The van der Waals surface area contributed by atoms with Gasteiger partial charge >= 0.3 is 5.97 Å². The van der Waals surface area contributed by atoms with Gasteiger partial charge in [0.05, 0.1) is 0 Å². The molecule has 2 saturated carbocycles. The highest BCUT2D eigenvalue weighted by molar-refractivity contribution is 6.00. The van der Waals surface area contributed by atoms with Crippen LogP contribution in [0.3, 0.4) is 0 Å². The van der Waals surface area contributed by atoms with E-state index in [2.05, 4.69) is 13.2 Å². The predicted molar refractivity (Wildman–Crippen MR) is 66.7 cm³/mol. The first-order chi connectivity index (χ1) is 8.45. The van der Waals surface area contributed by atoms with E-state index >= 15 is 0 Å². The zero-order chi connectivity index (χ0) is 13.1. The lowest BCUT2D eigenvalue weighted by Crippen LogP contribution is -2.51. The minimum Gasteiger partial charge on any atom is -0.450 e. The molecular weight excluding hydrogens is 228 g/mol. The molecule has 3 aliphatic rings. The first-order valence-corrected chi connectivity index (χ1v) is 6.57. The molecule has 3 rings (SSSR count). The van der Waals surface area contributed by atoms with E-state index in [9.17, 15) is 9.59 Å². The van der Waals surface area contributed by atoms with Gasteiger partial charge in [0.2, 0.25) is 0 Å². The Morgan fingerprint density at radius 1 is 1.33 bits per heavy atom. The average Bonchev–Trinajstić information content (AvgIpc) is 2.60. The van der Waals surface area contributed by atoms with Gasteiger partial charge in [-0.3, -0.25) is 4.79 Å². The number of ether oxygens (including phenoxy) is 1. The van der Waals surface area contributed by atoms with Gasteiger partial charge in [-0.2, -0.15) is 0 Å². The summed E-state index contributed by atoms with van der Waals surface area (Å²) in [7, 11) is 0. The minimum atomic E-state index is -0.586. The molecule has 1 aliphatic heterocycles. The normalized spacial score (nSPS) is 43.5. The van der Waals surface area contributed by atoms with Crippen LogP contribution in [0.2, 0.25) is 0 Å². The predicted octanol–water partition coefficient (Wildman–Crippen LogP) is 2.42. The van der Waals surface area contributed by atoms with Crippen molar-refractivity contribution in [3.05, 3.63) is 24.3 Å². The molecule has 0 spiro atoms. The van der Waals surface area contributed by atoms with E-state index in [1.165, 1.54) is 0 Å². The number of fused-ring (bicyclic) bond motifs is 2. The van der Waals surface area contributed by atoms with Crippen LogP contribution in [0.25, 0.3) is 0 Å². The Kier molecular flexibility index (Phi) is 2.31. The number of allylic oxidation sites excluding steroid dienone is 1. The maximum atomic E-state index is 12.6. The Bertz CT molecular complexity index is 476. The first-order valence-electron chi connectivity index (χ1n) is 6.57. The van der Waals surface area contributed by atoms with Gasteiger partial charge in [-0.1, -0.05) is 25.7 Å². The molecule has 0 N–H and O–H groups in total. The molecule has 0 aromatic heterocycles. The van der Waals surface area contributed by atoms with E-state index in [0.29, 0.717) is 5.57 Å². The van der Waals surface area contributed by atoms with Crippen molar-refractivity contribution in [1.82, 2.24) is 0 Å². The molecule has 2 aliphatic carbocycles. The molecule has 4 unspecified atom stereocenters. The zero-order valence-electron chi connectivity index (χ0n) is 10.7. The van der Waals surface area contributed by atoms with Gasteiger partial charge in [0, 0.05) is 16.9 Å². The number of ketones is 1. The lowest BCUT2D eigenvalue weighted by atomic mass is 9.55. The number of carbonyl (C=O) groups is 2. The number of carbonyl (C=O) groups excluding carboxylic acids is 2. The molecular formula is C15H18O3. The summed E-state index contributed by atoms with van der Waals surface area (Å²) in [5.41, 5.74) is 1.23. The highest BCUT2D eigenvalue weighted by Gasteiger charge is 2.58. The van der Waals surface area contributed by atoms with E-state index in [0.717, 1.165) is 31.3 Å². The standard InChI is InChI=1S/C15H18O3/c1-8-5-4-6-15(3)11(8)7-10-9(2)14(17)18-12(10)13(15)16/h10-12H,1-2,4-7H2,3H3. The monoisotopic (exact) mass is 246 g/mol. The summed E-state index contributed by atoms with van der Waals surface area (Å²) >= 11 is 0. The molecule has 1 saturated heterocycles. The molecule has 18 heavy (non-hydrogen) atoms. The van der Waals surface area contributed by atoms with Crippen LogP contribution in [-0.2, 0) is 14.3 Å². The van der Waals surface area contributed by atoms with Crippen molar-refractivity contribution in [2.45, 2.75) is 38.7 Å². The number of hydrogen-bond donors (Lipinski definition) is 0. The molecule has 3 fully saturated rings. The largest absolute Gasteiger partial charge is 0.450 e. The van der Waals surface area contributed by atoms with Crippen molar-refractivity contribution in [3.8, 4) is 0 Å². The van der Waals surface area contributed by atoms with E-state index in [4.69, 9.17) is 4.74 Å². The molecule has 0 aromatic carbocycles. The summed E-state index contributed by atoms with van der Waals surface area (Å²) in [6.07, 6.45) is 3.08. The maximum Gasteiger partial charge on any atom is 0.334 e. The quantitative estimate of drug-likeness (QED) is 0.374. The van der Waals surface area contributed by atoms with Crippen LogP contribution < -0.4 is 0 Å². The summed E-state index contributed by atoms with van der Waals surface area (Å²) in [6, 6.07) is 0. The second-order valence-corrected chi connectivity index (χ2v) is 6.04. The Labute approximate surface area is 107 Å². The van der Waals surface area contributed by atoms with Crippen molar-refractivity contribution in [3.63, 3.8) is 0 Å². The Morgan fingerprint density at radius 2 is 2.06 bits per heavy atom. The third kappa shape index (κ3) is 1.30. The fourth-order valence-corrected chi connectivity index (χ4v) is 3.89. The first kappa shape index (κ1) is 11.7. The smallest absolute Gasteiger partial charge is 0.334 e. The molecule has 0 aromatic rings. The molecule has 4 atom stereocenters. The molecule has 3 heteroatoms. The highest BCUT2D eigenvalue weighted by atomic mass is 16.6. The Balaban J connectivity index is 2.01. The Morgan fingerprint density at radius 3 is 2.78 bits per heavy atom. The average molecular weight is 246 g/mol. The third-order valence-electron chi connectivity index (χ3n) is 5.08. The second-order valence-electron chi connectivity index (χ2n) is 6.04. The molecule has 0 amide bonds. The minimum absolute atomic E-state index is 0.0802. The van der Waals surface area contributed by atoms with Crippen LogP contribution in [0.15, 0.2) is 24.3 Å². The van der Waals surface area contributed by atoms with Gasteiger partial charge in [0.15, 0.2) is 11.9 Å². The lowest BCUT2D eigenvalue weighted by Gasteiger charge is -2.47. The summed E-state index contributed by atoms with van der Waals surface area (Å²) in [4.78, 5) is 24.2. The molecule has 3 nitrogen and oxygen atoms in total. The topological polar surface area (TPSA) is 43.4 Å². The maximum absolute atomic E-state index is 12.6. The van der Waals surface area contributed by atoms with Gasteiger partial charge in [0.25, 0.3) is 0 Å². The fraction of sp³-hybridized carbons (Fsp3) is 0.600. The second kappa shape index (κ2) is 3.56. The zero-order valence-corrected chi connectivity index (χ0v) is 10.7. The number of hydrogen-bond acceptors (Lipinski definition) is 3. The highest BCUT2D eigenvalue weighted by Crippen LogP contribution is 2.54. The summed E-state index contributed by atoms with van der Waals surface area (Å²) in [5, 5.41) is 0. The van der Waals surface area contributed by atoms with Gasteiger partial charge < -0.3 is 4.74 Å². The van der Waals surface area contributed by atoms with Crippen LogP contribution in [-0.4, -0.2) is 17.9 Å². The summed E-state index contributed by atoms with van der Waals surface area (Å²) < 4.78 is 5.22. The van der Waals surface area contributed by atoms with Crippen LogP contribution >= 0.6 is 0 Å². The van der Waals surface area contributed by atoms with Gasteiger partial charge in [-0.15, -0.1) is 0 Å². The Hall–Kier alpha value is -1.38. The molecule has 0 bridgehead atoms. The van der Waals surface area contributed by atoms with E-state index < -0.39 is 12.1 Å². The van der Waals surface area contributed by atoms with E-state index in [1.54, 1.807) is 0 Å². The summed E-state index contributed by atoms with van der Waals surface area (Å²) in [6.45, 7) is 9.92. The number of Topliss-reactive ketones (excluding diaryl/α,β-unsaturated/α-hetero) is 1. The molecule has 96 valence electrons. The van der Waals surface area contributed by atoms with Crippen molar-refractivity contribution in [2.24, 2.45) is 17.3 Å². The van der Waals surface area contributed by atoms with Crippen LogP contribution in [0.1, 0.15) is 32.6 Å². The van der Waals surface area contributed by atoms with E-state index in [-0.39, 0.29) is 23.0 Å². The van der Waals surface area contributed by atoms with Crippen molar-refractivity contribution >= 4 is 11.8 Å². The molecule has 0 radical (unpaired) electrons. The van der Waals surface area contributed by atoms with Crippen LogP contribution in [0.5, 0.6) is 0 Å². The lowest BCUT2D eigenvalue weighted by molar-refractivity contribution is -0.157. The SMILES string of the molecule is C=C1C(=O)OC2C(=O)C3(C)CCCC(=C)C3CC12. The van der Waals surface area contributed by atoms with E-state index in [1.807, 2.05) is 6.92 Å². The van der Waals surface area contributed by atoms with Crippen molar-refractivity contribution in [2.75, 3.05) is 0 Å². The van der Waals surface area contributed by atoms with Crippen LogP contribution in [0.4, 0.5) is 0 Å². The fourth-order valence-electron chi connectivity index (χ4n) is 3.89. The van der Waals surface area contributed by atoms with Gasteiger partial charge in [0.1, 0.15) is 0 Å². The van der Waals surface area contributed by atoms with Gasteiger partial charge in [-0.25, -0.2) is 4.79 Å². The van der Waals surface area contributed by atoms with Crippen molar-refractivity contribution < 1.29 is 14.3 Å². The number of rotatable bonds is 0. The number of esters is 1.